The Balaban J connectivity index is 1.47. The fourth-order valence-corrected chi connectivity index (χ4v) is 3.89. The van der Waals surface area contributed by atoms with Crippen LogP contribution in [0.3, 0.4) is 0 Å². The first-order valence-electron chi connectivity index (χ1n) is 11.2. The summed E-state index contributed by atoms with van der Waals surface area (Å²) in [4.78, 5) is 50.4. The molecular weight excluding hydrogens is 442 g/mol. The molecule has 9 heteroatoms. The summed E-state index contributed by atoms with van der Waals surface area (Å²) in [6.45, 7) is -0.0780. The number of hydrogen-bond donors (Lipinski definition) is 1. The highest BCUT2D eigenvalue weighted by atomic mass is 35.5. The van der Waals surface area contributed by atoms with E-state index in [9.17, 15) is 28.0 Å². The lowest BCUT2D eigenvalue weighted by Crippen LogP contribution is -2.52. The topological polar surface area (TPSA) is 83.6 Å². The normalized spacial score (nSPS) is 21.8. The second-order valence-corrected chi connectivity index (χ2v) is 8.02. The molecule has 1 N–H and O–H groups in total. The van der Waals surface area contributed by atoms with Crippen LogP contribution >= 0.6 is 11.6 Å². The minimum Gasteiger partial charge on any atom is -0.322 e. The molecular formula is C23H19ClF2N2O4. The van der Waals surface area contributed by atoms with Crippen LogP contribution in [0.4, 0.5) is 8.78 Å². The number of ketones is 1. The molecule has 0 bridgehead atoms. The SMILES string of the molecule is [2H]N1C(=O)C(N2Cc3cc(CCC(=O)C(F)(F)c4ccc(Cl)cc4)ccc3C2=O)CC([2H])([2H])C1=O. The summed E-state index contributed by atoms with van der Waals surface area (Å²) in [5, 5.41) is 0.217. The quantitative estimate of drug-likeness (QED) is 0.665. The van der Waals surface area contributed by atoms with Crippen LogP contribution in [0.2, 0.25) is 6.43 Å². The highest BCUT2D eigenvalue weighted by molar-refractivity contribution is 6.30. The summed E-state index contributed by atoms with van der Waals surface area (Å²) < 4.78 is 52.2. The highest BCUT2D eigenvalue weighted by Crippen LogP contribution is 2.32. The lowest BCUT2D eigenvalue weighted by atomic mass is 9.97. The summed E-state index contributed by atoms with van der Waals surface area (Å²) in [6, 6.07) is 7.97. The van der Waals surface area contributed by atoms with E-state index in [1.165, 1.54) is 24.3 Å². The van der Waals surface area contributed by atoms with Crippen molar-refractivity contribution in [3.63, 3.8) is 0 Å². The van der Waals surface area contributed by atoms with Gasteiger partial charge in [0.05, 0.1) is 0 Å². The van der Waals surface area contributed by atoms with Crippen molar-refractivity contribution in [2.45, 2.75) is 44.1 Å². The Kier molecular flexibility index (Phi) is 4.86. The van der Waals surface area contributed by atoms with Crippen LogP contribution in [-0.2, 0) is 33.3 Å². The largest absolute Gasteiger partial charge is 0.330 e. The number of piperidine rings is 1. The van der Waals surface area contributed by atoms with Gasteiger partial charge in [0.1, 0.15) is 6.04 Å². The number of hydrogen-bond acceptors (Lipinski definition) is 4. The Bertz CT molecular complexity index is 1240. The molecule has 4 rings (SSSR count). The maximum Gasteiger partial charge on any atom is 0.330 e. The van der Waals surface area contributed by atoms with E-state index >= 15 is 0 Å². The fourth-order valence-electron chi connectivity index (χ4n) is 3.77. The van der Waals surface area contributed by atoms with E-state index in [1.807, 2.05) is 0 Å². The van der Waals surface area contributed by atoms with Crippen molar-refractivity contribution in [3.8, 4) is 0 Å². The van der Waals surface area contributed by atoms with Gasteiger partial charge in [-0.1, -0.05) is 35.9 Å². The van der Waals surface area contributed by atoms with Crippen LogP contribution in [0.5, 0.6) is 0 Å². The van der Waals surface area contributed by atoms with Gasteiger partial charge in [0.15, 0.2) is 1.41 Å². The number of imide groups is 1. The molecule has 6 nitrogen and oxygen atoms in total. The van der Waals surface area contributed by atoms with Crippen LogP contribution in [0, 0.1) is 0 Å². The zero-order chi connectivity index (χ0) is 25.7. The summed E-state index contributed by atoms with van der Waals surface area (Å²) >= 11 is 5.71. The molecule has 0 spiro atoms. The first-order chi connectivity index (χ1) is 16.3. The van der Waals surface area contributed by atoms with Crippen molar-refractivity contribution in [2.24, 2.45) is 0 Å². The summed E-state index contributed by atoms with van der Waals surface area (Å²) in [6.07, 6.45) is -3.51. The van der Waals surface area contributed by atoms with E-state index in [-0.39, 0.29) is 28.9 Å². The minimum absolute atomic E-state index is 0.0105. The lowest BCUT2D eigenvalue weighted by Gasteiger charge is -2.29. The summed E-state index contributed by atoms with van der Waals surface area (Å²) in [5.74, 6) is -7.80. The number of amides is 3. The number of halogens is 3. The van der Waals surface area contributed by atoms with Gasteiger partial charge in [0.25, 0.3) is 5.91 Å². The minimum atomic E-state index is -3.69. The third-order valence-electron chi connectivity index (χ3n) is 5.52. The fraction of sp³-hybridized carbons (Fsp3) is 0.304. The van der Waals surface area contributed by atoms with Gasteiger partial charge >= 0.3 is 5.92 Å². The van der Waals surface area contributed by atoms with E-state index in [4.69, 9.17) is 15.8 Å². The third-order valence-corrected chi connectivity index (χ3v) is 5.77. The molecule has 3 amide bonds. The van der Waals surface area contributed by atoms with E-state index in [1.54, 1.807) is 6.07 Å². The number of carbonyl (C=O) groups excluding carboxylic acids is 4. The number of aryl methyl sites for hydroxylation is 1. The van der Waals surface area contributed by atoms with Crippen molar-refractivity contribution in [3.05, 3.63) is 69.7 Å². The zero-order valence-corrected chi connectivity index (χ0v) is 17.4. The standard InChI is InChI=1S/C23H19ClF2N2O4/c24-16-5-3-15(4-6-16)23(25,26)19(29)9-2-13-1-7-17-14(11-13)12-28(22(17)32)18-8-10-20(30)27-21(18)31/h1,3-7,11,18H,2,8-10,12H2,(H,27,30,31)/i10D2/hD. The Morgan fingerprint density at radius 3 is 2.66 bits per heavy atom. The van der Waals surface area contributed by atoms with Gasteiger partial charge in [0.2, 0.25) is 17.6 Å². The monoisotopic (exact) mass is 463 g/mol. The van der Waals surface area contributed by atoms with Crippen LogP contribution in [0.15, 0.2) is 42.5 Å². The lowest BCUT2D eigenvalue weighted by molar-refractivity contribution is -0.144. The molecule has 2 aromatic rings. The van der Waals surface area contributed by atoms with Gasteiger partial charge < -0.3 is 4.90 Å². The van der Waals surface area contributed by atoms with E-state index < -0.39 is 60.2 Å². The zero-order valence-electron chi connectivity index (χ0n) is 19.6. The molecule has 166 valence electrons. The number of nitrogens with one attached hydrogen (secondary N) is 1. The Morgan fingerprint density at radius 1 is 1.22 bits per heavy atom. The van der Waals surface area contributed by atoms with Gasteiger partial charge in [0, 0.05) is 38.2 Å². The average molecular weight is 464 g/mol. The molecule has 0 saturated carbocycles. The van der Waals surface area contributed by atoms with E-state index in [0.29, 0.717) is 11.1 Å². The number of Topliss-reactive ketones (excluding diaryl/α,β-unsaturated/α-hetero) is 1. The van der Waals surface area contributed by atoms with E-state index in [2.05, 4.69) is 0 Å². The molecule has 32 heavy (non-hydrogen) atoms. The van der Waals surface area contributed by atoms with Gasteiger partial charge in [-0.2, -0.15) is 8.78 Å². The van der Waals surface area contributed by atoms with Crippen molar-refractivity contribution in [1.82, 2.24) is 10.2 Å². The predicted octanol–water partition coefficient (Wildman–Crippen LogP) is 3.39. The van der Waals surface area contributed by atoms with Crippen molar-refractivity contribution in [1.29, 1.82) is 0 Å². The Hall–Kier alpha value is -3.13. The molecule has 2 aliphatic rings. The van der Waals surface area contributed by atoms with Crippen LogP contribution in [0.1, 0.15) is 49.0 Å². The maximum atomic E-state index is 14.5. The number of carbonyl (C=O) groups is 4. The van der Waals surface area contributed by atoms with Crippen molar-refractivity contribution in [2.75, 3.05) is 0 Å². The highest BCUT2D eigenvalue weighted by Gasteiger charge is 2.41. The number of alkyl halides is 2. The molecule has 0 radical (unpaired) electrons. The second kappa shape index (κ2) is 8.43. The number of rotatable bonds is 6. The van der Waals surface area contributed by atoms with Gasteiger partial charge in [-0.15, -0.1) is 0 Å². The predicted molar refractivity (Wildman–Crippen MR) is 111 cm³/mol. The number of nitrogens with zero attached hydrogens (tertiary/aromatic N) is 1. The molecule has 1 fully saturated rings. The Morgan fingerprint density at radius 2 is 1.94 bits per heavy atom. The van der Waals surface area contributed by atoms with Gasteiger partial charge in [-0.25, -0.2) is 0 Å². The molecule has 1 atom stereocenters. The van der Waals surface area contributed by atoms with Crippen LogP contribution in [-0.4, -0.2) is 34.4 Å². The average Bonchev–Trinajstić information content (AvgIpc) is 3.14. The van der Waals surface area contributed by atoms with Crippen LogP contribution in [0.25, 0.3) is 0 Å². The molecule has 0 aromatic heterocycles. The first-order valence-corrected chi connectivity index (χ1v) is 10.2. The first kappa shape index (κ1) is 18.4. The second-order valence-electron chi connectivity index (χ2n) is 7.58. The molecule has 2 aliphatic heterocycles. The molecule has 2 heterocycles. The Labute approximate surface area is 191 Å². The molecule has 0 aliphatic carbocycles. The van der Waals surface area contributed by atoms with Crippen molar-refractivity contribution >= 4 is 35.1 Å². The van der Waals surface area contributed by atoms with Gasteiger partial charge in [-0.3, -0.25) is 24.5 Å². The number of fused-ring (bicyclic) bond motifs is 1. The molecule has 1 saturated heterocycles. The third kappa shape index (κ3) is 4.14. The molecule has 1 unspecified atom stereocenters. The number of benzene rings is 2. The summed E-state index contributed by atoms with van der Waals surface area (Å²) in [5.41, 5.74) is 0.793. The van der Waals surface area contributed by atoms with Crippen molar-refractivity contribution < 1.29 is 32.1 Å². The maximum absolute atomic E-state index is 14.5. The van der Waals surface area contributed by atoms with Crippen LogP contribution < -0.4 is 5.31 Å². The molecule has 2 aromatic carbocycles. The summed E-state index contributed by atoms with van der Waals surface area (Å²) in [7, 11) is 0. The van der Waals surface area contributed by atoms with Gasteiger partial charge in [-0.05, 0) is 42.2 Å². The smallest absolute Gasteiger partial charge is 0.322 e. The van der Waals surface area contributed by atoms with E-state index in [0.717, 1.165) is 17.0 Å².